The van der Waals surface area contributed by atoms with Gasteiger partial charge in [0.2, 0.25) is 0 Å². The van der Waals surface area contributed by atoms with E-state index < -0.39 is 17.4 Å². The van der Waals surface area contributed by atoms with Gasteiger partial charge < -0.3 is 10.0 Å². The minimum absolute atomic E-state index is 0.245. The number of carbonyl (C=O) groups excluding carboxylic acids is 1. The van der Waals surface area contributed by atoms with Gasteiger partial charge in [0, 0.05) is 12.1 Å². The van der Waals surface area contributed by atoms with Gasteiger partial charge in [0.05, 0.1) is 0 Å². The van der Waals surface area contributed by atoms with E-state index in [-0.39, 0.29) is 6.54 Å². The first-order valence-corrected chi connectivity index (χ1v) is 3.96. The monoisotopic (exact) mass is 185 g/mol. The van der Waals surface area contributed by atoms with Crippen LogP contribution in [0.3, 0.4) is 0 Å². The Bertz CT molecular complexity index is 228. The van der Waals surface area contributed by atoms with Crippen molar-refractivity contribution in [3.63, 3.8) is 0 Å². The summed E-state index contributed by atoms with van der Waals surface area (Å²) in [6, 6.07) is 0. The van der Waals surface area contributed by atoms with Crippen molar-refractivity contribution >= 4 is 11.9 Å². The van der Waals surface area contributed by atoms with Gasteiger partial charge in [-0.15, -0.1) is 6.58 Å². The van der Waals surface area contributed by atoms with Crippen molar-refractivity contribution in [3.8, 4) is 0 Å². The van der Waals surface area contributed by atoms with Crippen LogP contribution in [-0.4, -0.2) is 34.0 Å². The lowest BCUT2D eigenvalue weighted by atomic mass is 10.1. The van der Waals surface area contributed by atoms with Crippen LogP contribution in [0.25, 0.3) is 0 Å². The molecule has 13 heavy (non-hydrogen) atoms. The van der Waals surface area contributed by atoms with Crippen molar-refractivity contribution in [2.24, 2.45) is 0 Å². The number of nitrogens with zero attached hydrogens (tertiary/aromatic N) is 1. The summed E-state index contributed by atoms with van der Waals surface area (Å²) in [7, 11) is 0. The molecule has 0 rings (SSSR count). The van der Waals surface area contributed by atoms with Gasteiger partial charge >= 0.3 is 11.9 Å². The second-order valence-electron chi connectivity index (χ2n) is 3.68. The molecule has 74 valence electrons. The van der Waals surface area contributed by atoms with E-state index in [0.717, 1.165) is 0 Å². The summed E-state index contributed by atoms with van der Waals surface area (Å²) in [4.78, 5) is 22.8. The van der Waals surface area contributed by atoms with Crippen LogP contribution in [0.5, 0.6) is 0 Å². The van der Waals surface area contributed by atoms with Gasteiger partial charge in [-0.2, -0.15) is 0 Å². The molecular weight excluding hydrogens is 170 g/mol. The zero-order valence-electron chi connectivity index (χ0n) is 8.20. The van der Waals surface area contributed by atoms with Gasteiger partial charge in [-0.1, -0.05) is 6.08 Å². The first-order chi connectivity index (χ1) is 5.80. The molecule has 4 heteroatoms. The van der Waals surface area contributed by atoms with Gasteiger partial charge in [0.25, 0.3) is 0 Å². The van der Waals surface area contributed by atoms with Crippen LogP contribution in [0.4, 0.5) is 0 Å². The number of rotatable bonds is 2. The maximum atomic E-state index is 11.2. The summed E-state index contributed by atoms with van der Waals surface area (Å²) >= 11 is 0. The highest BCUT2D eigenvalue weighted by atomic mass is 16.4. The number of aliphatic carboxylic acids is 1. The van der Waals surface area contributed by atoms with Crippen LogP contribution >= 0.6 is 0 Å². The molecule has 0 fully saturated rings. The fraction of sp³-hybridized carbons (Fsp3) is 0.556. The summed E-state index contributed by atoms with van der Waals surface area (Å²) in [5.74, 6) is -2.33. The van der Waals surface area contributed by atoms with Crippen molar-refractivity contribution in [1.82, 2.24) is 4.90 Å². The maximum Gasteiger partial charge on any atom is 0.394 e. The third kappa shape index (κ3) is 3.27. The largest absolute Gasteiger partial charge is 0.474 e. The van der Waals surface area contributed by atoms with Crippen molar-refractivity contribution in [3.05, 3.63) is 12.7 Å². The summed E-state index contributed by atoms with van der Waals surface area (Å²) in [6.45, 7) is 9.04. The van der Waals surface area contributed by atoms with Crippen molar-refractivity contribution in [1.29, 1.82) is 0 Å². The van der Waals surface area contributed by atoms with E-state index >= 15 is 0 Å². The molecule has 0 unspecified atom stereocenters. The molecule has 0 atom stereocenters. The first kappa shape index (κ1) is 11.7. The number of carboxylic acids is 1. The zero-order chi connectivity index (χ0) is 10.6. The molecule has 0 saturated heterocycles. The van der Waals surface area contributed by atoms with Crippen LogP contribution in [0.2, 0.25) is 0 Å². The van der Waals surface area contributed by atoms with Crippen LogP contribution in [0.15, 0.2) is 12.7 Å². The van der Waals surface area contributed by atoms with E-state index in [4.69, 9.17) is 5.11 Å². The van der Waals surface area contributed by atoms with E-state index in [2.05, 4.69) is 6.58 Å². The van der Waals surface area contributed by atoms with Gasteiger partial charge in [-0.25, -0.2) is 4.79 Å². The molecule has 0 heterocycles. The Morgan fingerprint density at radius 2 is 1.92 bits per heavy atom. The molecule has 0 saturated carbocycles. The smallest absolute Gasteiger partial charge is 0.394 e. The number of hydrogen-bond acceptors (Lipinski definition) is 2. The van der Waals surface area contributed by atoms with Crippen LogP contribution in [-0.2, 0) is 9.59 Å². The summed E-state index contributed by atoms with van der Waals surface area (Å²) < 4.78 is 0. The minimum atomic E-state index is -1.43. The van der Waals surface area contributed by atoms with Crippen LogP contribution in [0.1, 0.15) is 20.8 Å². The average Bonchev–Trinajstić information content (AvgIpc) is 1.96. The minimum Gasteiger partial charge on any atom is -0.474 e. The SMILES string of the molecule is C=CCN(C(=O)C(=O)O)C(C)(C)C. The standard InChI is InChI=1S/C9H15NO3/c1-5-6-10(9(2,3)4)7(11)8(12)13/h5H,1,6H2,2-4H3,(H,12,13). The topological polar surface area (TPSA) is 57.6 Å². The predicted octanol–water partition coefficient (Wildman–Crippen LogP) is 0.884. The fourth-order valence-corrected chi connectivity index (χ4v) is 0.906. The maximum absolute atomic E-state index is 11.2. The number of amides is 1. The molecule has 4 nitrogen and oxygen atoms in total. The van der Waals surface area contributed by atoms with Crippen LogP contribution in [0, 0.1) is 0 Å². The second kappa shape index (κ2) is 4.07. The molecule has 0 bridgehead atoms. The Labute approximate surface area is 77.8 Å². The Balaban J connectivity index is 4.71. The quantitative estimate of drug-likeness (QED) is 0.513. The lowest BCUT2D eigenvalue weighted by Crippen LogP contribution is -2.48. The van der Waals surface area contributed by atoms with Gasteiger partial charge in [-0.3, -0.25) is 4.79 Å². The molecule has 0 aliphatic heterocycles. The summed E-state index contributed by atoms with van der Waals surface area (Å²) in [6.07, 6.45) is 1.51. The molecule has 0 aromatic heterocycles. The van der Waals surface area contributed by atoms with Crippen molar-refractivity contribution < 1.29 is 14.7 Å². The van der Waals surface area contributed by atoms with Gasteiger partial charge in [0.15, 0.2) is 0 Å². The van der Waals surface area contributed by atoms with Crippen molar-refractivity contribution in [2.45, 2.75) is 26.3 Å². The second-order valence-corrected chi connectivity index (χ2v) is 3.68. The van der Waals surface area contributed by atoms with Crippen molar-refractivity contribution in [2.75, 3.05) is 6.54 Å². The Morgan fingerprint density at radius 1 is 1.46 bits per heavy atom. The summed E-state index contributed by atoms with van der Waals surface area (Å²) in [5.41, 5.74) is -0.496. The molecule has 0 aromatic rings. The highest BCUT2D eigenvalue weighted by Gasteiger charge is 2.29. The molecule has 0 aliphatic carbocycles. The Hall–Kier alpha value is -1.32. The number of carbonyl (C=O) groups is 2. The lowest BCUT2D eigenvalue weighted by molar-refractivity contribution is -0.158. The van der Waals surface area contributed by atoms with Gasteiger partial charge in [0.1, 0.15) is 0 Å². The van der Waals surface area contributed by atoms with Crippen LogP contribution < -0.4 is 0 Å². The van der Waals surface area contributed by atoms with E-state index in [1.54, 1.807) is 20.8 Å². The molecule has 0 aromatic carbocycles. The highest BCUT2D eigenvalue weighted by Crippen LogP contribution is 2.13. The van der Waals surface area contributed by atoms with E-state index in [1.165, 1.54) is 11.0 Å². The fourth-order valence-electron chi connectivity index (χ4n) is 0.906. The predicted molar refractivity (Wildman–Crippen MR) is 49.3 cm³/mol. The number of carboxylic acid groups (broad SMARTS) is 1. The van der Waals surface area contributed by atoms with E-state index in [1.807, 2.05) is 0 Å². The molecule has 0 radical (unpaired) electrons. The van der Waals surface area contributed by atoms with E-state index in [0.29, 0.717) is 0 Å². The Morgan fingerprint density at radius 3 is 2.15 bits per heavy atom. The lowest BCUT2D eigenvalue weighted by Gasteiger charge is -2.33. The first-order valence-electron chi connectivity index (χ1n) is 3.96. The Kier molecular flexibility index (Phi) is 3.66. The number of hydrogen-bond donors (Lipinski definition) is 1. The molecule has 1 amide bonds. The van der Waals surface area contributed by atoms with Gasteiger partial charge in [-0.05, 0) is 20.8 Å². The molecule has 0 aliphatic rings. The summed E-state index contributed by atoms with van der Waals surface area (Å²) in [5, 5.41) is 8.52. The normalized spacial score (nSPS) is 10.7. The molecular formula is C9H15NO3. The third-order valence-corrected chi connectivity index (χ3v) is 1.55. The third-order valence-electron chi connectivity index (χ3n) is 1.55. The average molecular weight is 185 g/mol. The zero-order valence-corrected chi connectivity index (χ0v) is 8.20. The molecule has 0 spiro atoms. The van der Waals surface area contributed by atoms with E-state index in [9.17, 15) is 9.59 Å². The molecule has 1 N–H and O–H groups in total. The highest BCUT2D eigenvalue weighted by molar-refractivity contribution is 6.31.